The molecule has 0 bridgehead atoms. The molecule has 0 aliphatic heterocycles. The molecule has 2 heterocycles. The molecule has 0 aliphatic rings. The predicted octanol–water partition coefficient (Wildman–Crippen LogP) is 4.90. The molecule has 0 saturated carbocycles. The number of carbonyl (C=O) groups excluding carboxylic acids is 1. The lowest BCUT2D eigenvalue weighted by molar-refractivity contribution is -0.137. The second-order valence-corrected chi connectivity index (χ2v) is 6.33. The number of anilines is 1. The van der Waals surface area contributed by atoms with Crippen LogP contribution in [0.4, 0.5) is 18.9 Å². The molecule has 0 saturated heterocycles. The van der Waals surface area contributed by atoms with Gasteiger partial charge in [-0.3, -0.25) is 14.5 Å². The number of nitrogens with one attached hydrogen (secondary N) is 1. The van der Waals surface area contributed by atoms with Crippen molar-refractivity contribution in [2.45, 2.75) is 12.7 Å². The van der Waals surface area contributed by atoms with Gasteiger partial charge in [0, 0.05) is 12.4 Å². The molecule has 0 spiro atoms. The second kappa shape index (κ2) is 7.58. The Bertz CT molecular complexity index is 988. The van der Waals surface area contributed by atoms with E-state index in [1.54, 1.807) is 24.3 Å². The number of amides is 1. The van der Waals surface area contributed by atoms with Crippen molar-refractivity contribution in [2.75, 3.05) is 5.32 Å². The molecule has 27 heavy (non-hydrogen) atoms. The molecule has 5 nitrogen and oxygen atoms in total. The number of pyridine rings is 1. The van der Waals surface area contributed by atoms with E-state index in [0.29, 0.717) is 22.5 Å². The van der Waals surface area contributed by atoms with Crippen molar-refractivity contribution in [3.05, 3.63) is 75.8 Å². The first-order valence-electron chi connectivity index (χ1n) is 7.54. The smallest absolute Gasteiger partial charge is 0.319 e. The molecule has 1 amide bonds. The summed E-state index contributed by atoms with van der Waals surface area (Å²) in [4.78, 5) is 16.0. The van der Waals surface area contributed by atoms with Crippen LogP contribution in [0.1, 0.15) is 21.6 Å². The normalized spacial score (nSPS) is 11.4. The molecule has 0 unspecified atom stereocenters. The van der Waals surface area contributed by atoms with Crippen molar-refractivity contribution in [1.29, 1.82) is 0 Å². The van der Waals surface area contributed by atoms with E-state index >= 15 is 0 Å². The summed E-state index contributed by atoms with van der Waals surface area (Å²) >= 11 is 11.9. The van der Waals surface area contributed by atoms with Gasteiger partial charge in [0.05, 0.1) is 45.3 Å². The maximum atomic E-state index is 12.7. The molecule has 3 aromatic rings. The summed E-state index contributed by atoms with van der Waals surface area (Å²) in [5.74, 6) is -0.411. The van der Waals surface area contributed by atoms with E-state index in [9.17, 15) is 18.0 Å². The Morgan fingerprint density at radius 2 is 1.89 bits per heavy atom. The van der Waals surface area contributed by atoms with Gasteiger partial charge in [-0.15, -0.1) is 0 Å². The van der Waals surface area contributed by atoms with Crippen molar-refractivity contribution in [1.82, 2.24) is 14.8 Å². The summed E-state index contributed by atoms with van der Waals surface area (Å²) in [5, 5.41) is 6.87. The molecule has 0 aliphatic carbocycles. The van der Waals surface area contributed by atoms with Gasteiger partial charge in [0.1, 0.15) is 0 Å². The minimum absolute atomic E-state index is 0.0406. The monoisotopic (exact) mass is 414 g/mol. The SMILES string of the molecule is O=C(Nc1cnn(Cc2ncc(C(F)(F)F)cc2Cl)c1)c1ccccc1Cl. The highest BCUT2D eigenvalue weighted by atomic mass is 35.5. The molecule has 3 rings (SSSR count). The van der Waals surface area contributed by atoms with Crippen molar-refractivity contribution in [2.24, 2.45) is 0 Å². The fourth-order valence-corrected chi connectivity index (χ4v) is 2.70. The Labute approximate surface area is 161 Å². The van der Waals surface area contributed by atoms with E-state index in [0.717, 1.165) is 6.07 Å². The third-order valence-electron chi connectivity index (χ3n) is 3.57. The predicted molar refractivity (Wildman–Crippen MR) is 95.0 cm³/mol. The molecule has 0 radical (unpaired) electrons. The van der Waals surface area contributed by atoms with Gasteiger partial charge in [-0.2, -0.15) is 18.3 Å². The number of benzene rings is 1. The fourth-order valence-electron chi connectivity index (χ4n) is 2.25. The Kier molecular flexibility index (Phi) is 5.38. The average Bonchev–Trinajstić information content (AvgIpc) is 3.03. The highest BCUT2D eigenvalue weighted by Gasteiger charge is 2.31. The summed E-state index contributed by atoms with van der Waals surface area (Å²) < 4.78 is 39.4. The average molecular weight is 415 g/mol. The van der Waals surface area contributed by atoms with Crippen molar-refractivity contribution >= 4 is 34.8 Å². The van der Waals surface area contributed by atoms with Crippen LogP contribution in [0.2, 0.25) is 10.0 Å². The highest BCUT2D eigenvalue weighted by molar-refractivity contribution is 6.34. The summed E-state index contributed by atoms with van der Waals surface area (Å²) in [5.41, 5.74) is -0.0107. The molecule has 1 N–H and O–H groups in total. The summed E-state index contributed by atoms with van der Waals surface area (Å²) in [6, 6.07) is 7.38. The van der Waals surface area contributed by atoms with E-state index in [1.807, 2.05) is 0 Å². The van der Waals surface area contributed by atoms with E-state index in [4.69, 9.17) is 23.2 Å². The topological polar surface area (TPSA) is 59.8 Å². The van der Waals surface area contributed by atoms with Crippen LogP contribution < -0.4 is 5.32 Å². The van der Waals surface area contributed by atoms with Gasteiger partial charge in [0.2, 0.25) is 0 Å². The third-order valence-corrected chi connectivity index (χ3v) is 4.22. The molecular weight excluding hydrogens is 404 g/mol. The lowest BCUT2D eigenvalue weighted by Crippen LogP contribution is -2.12. The number of carbonyl (C=O) groups is 1. The van der Waals surface area contributed by atoms with Crippen LogP contribution >= 0.6 is 23.2 Å². The number of alkyl halides is 3. The minimum Gasteiger partial charge on any atom is -0.319 e. The van der Waals surface area contributed by atoms with Gasteiger partial charge in [-0.1, -0.05) is 35.3 Å². The van der Waals surface area contributed by atoms with Gasteiger partial charge in [0.15, 0.2) is 0 Å². The van der Waals surface area contributed by atoms with Crippen molar-refractivity contribution in [3.63, 3.8) is 0 Å². The molecule has 0 fully saturated rings. The van der Waals surface area contributed by atoms with Crippen LogP contribution in [0.25, 0.3) is 0 Å². The number of hydrogen-bond donors (Lipinski definition) is 1. The first kappa shape index (κ1) is 19.2. The zero-order chi connectivity index (χ0) is 19.6. The Balaban J connectivity index is 1.71. The summed E-state index contributed by atoms with van der Waals surface area (Å²) in [7, 11) is 0. The quantitative estimate of drug-likeness (QED) is 0.659. The van der Waals surface area contributed by atoms with Crippen LogP contribution in [0.5, 0.6) is 0 Å². The zero-order valence-corrected chi connectivity index (χ0v) is 15.0. The van der Waals surface area contributed by atoms with E-state index in [1.165, 1.54) is 17.1 Å². The fraction of sp³-hybridized carbons (Fsp3) is 0.118. The minimum atomic E-state index is -4.52. The Hall–Kier alpha value is -2.58. The number of hydrogen-bond acceptors (Lipinski definition) is 3. The van der Waals surface area contributed by atoms with Gasteiger partial charge in [-0.25, -0.2) is 0 Å². The summed E-state index contributed by atoms with van der Waals surface area (Å²) in [6.07, 6.45) is -0.904. The number of aromatic nitrogens is 3. The molecule has 140 valence electrons. The molecule has 1 aromatic carbocycles. The lowest BCUT2D eigenvalue weighted by Gasteiger charge is -2.09. The van der Waals surface area contributed by atoms with Crippen LogP contribution in [0.15, 0.2) is 48.9 Å². The van der Waals surface area contributed by atoms with Crippen LogP contribution in [-0.2, 0) is 12.7 Å². The van der Waals surface area contributed by atoms with Crippen molar-refractivity contribution in [3.8, 4) is 0 Å². The van der Waals surface area contributed by atoms with E-state index < -0.39 is 17.6 Å². The van der Waals surface area contributed by atoms with E-state index in [-0.39, 0.29) is 17.3 Å². The van der Waals surface area contributed by atoms with Crippen LogP contribution in [0, 0.1) is 0 Å². The lowest BCUT2D eigenvalue weighted by atomic mass is 10.2. The first-order chi connectivity index (χ1) is 12.7. The Morgan fingerprint density at radius 1 is 1.15 bits per heavy atom. The highest BCUT2D eigenvalue weighted by Crippen LogP contribution is 2.31. The molecule has 2 aromatic heterocycles. The standard InChI is InChI=1S/C17H11Cl2F3N4O/c18-13-4-2-1-3-12(13)16(27)25-11-7-24-26(8-11)9-15-14(19)5-10(6-23-15)17(20,21)22/h1-8H,9H2,(H,25,27). The molecular formula is C17H11Cl2F3N4O. The second-order valence-electron chi connectivity index (χ2n) is 5.51. The largest absolute Gasteiger partial charge is 0.417 e. The summed E-state index contributed by atoms with van der Waals surface area (Å²) in [6.45, 7) is 0.0406. The number of halogens is 5. The maximum absolute atomic E-state index is 12.7. The number of nitrogens with zero attached hydrogens (tertiary/aromatic N) is 3. The van der Waals surface area contributed by atoms with Gasteiger partial charge in [-0.05, 0) is 18.2 Å². The number of rotatable bonds is 4. The third kappa shape index (κ3) is 4.58. The van der Waals surface area contributed by atoms with Gasteiger partial charge < -0.3 is 5.32 Å². The molecule has 10 heteroatoms. The molecule has 0 atom stereocenters. The van der Waals surface area contributed by atoms with Crippen LogP contribution in [-0.4, -0.2) is 20.7 Å². The first-order valence-corrected chi connectivity index (χ1v) is 8.29. The van der Waals surface area contributed by atoms with E-state index in [2.05, 4.69) is 15.4 Å². The van der Waals surface area contributed by atoms with Crippen LogP contribution in [0.3, 0.4) is 0 Å². The maximum Gasteiger partial charge on any atom is 0.417 e. The van der Waals surface area contributed by atoms with Gasteiger partial charge >= 0.3 is 6.18 Å². The Morgan fingerprint density at radius 3 is 2.56 bits per heavy atom. The van der Waals surface area contributed by atoms with Gasteiger partial charge in [0.25, 0.3) is 5.91 Å². The zero-order valence-electron chi connectivity index (χ0n) is 13.5. The van der Waals surface area contributed by atoms with Crippen molar-refractivity contribution < 1.29 is 18.0 Å².